The van der Waals surface area contributed by atoms with Crippen LogP contribution in [0.25, 0.3) is 0 Å². The van der Waals surface area contributed by atoms with Crippen LogP contribution in [0.3, 0.4) is 0 Å². The van der Waals surface area contributed by atoms with Crippen molar-refractivity contribution in [3.63, 3.8) is 0 Å². The van der Waals surface area contributed by atoms with Crippen LogP contribution in [0.1, 0.15) is 12.8 Å². The SMILES string of the molecule is O=C(CCP(=O)([O-])c1ccccc1)OCCO.O=C(CCP(=O)([O-])c1ccccc1)OCCO.[Mg+2]. The van der Waals surface area contributed by atoms with Gasteiger partial charge in [-0.1, -0.05) is 60.7 Å². The van der Waals surface area contributed by atoms with Crippen molar-refractivity contribution < 1.29 is 48.2 Å². The van der Waals surface area contributed by atoms with Gasteiger partial charge in [-0.15, -0.1) is 0 Å². The monoisotopic (exact) mass is 538 g/mol. The first-order valence-corrected chi connectivity index (χ1v) is 14.0. The molecule has 0 radical (unpaired) electrons. The molecule has 0 saturated heterocycles. The quantitative estimate of drug-likeness (QED) is 0.201. The summed E-state index contributed by atoms with van der Waals surface area (Å²) in [5, 5.41) is 17.3. The summed E-state index contributed by atoms with van der Waals surface area (Å²) >= 11 is 0. The van der Waals surface area contributed by atoms with E-state index in [1.54, 1.807) is 36.4 Å². The van der Waals surface area contributed by atoms with Crippen molar-refractivity contribution in [1.29, 1.82) is 0 Å². The first-order valence-electron chi connectivity index (χ1n) is 10.4. The molecule has 2 N–H and O–H groups in total. The minimum atomic E-state index is -3.74. The Balaban J connectivity index is 0.000000642. The Hall–Kier alpha value is -1.55. The van der Waals surface area contributed by atoms with E-state index in [0.717, 1.165) is 0 Å². The summed E-state index contributed by atoms with van der Waals surface area (Å²) in [4.78, 5) is 45.7. The molecule has 0 aliphatic carbocycles. The molecule has 0 amide bonds. The number of benzene rings is 2. The van der Waals surface area contributed by atoms with Crippen LogP contribution in [-0.2, 0) is 28.2 Å². The van der Waals surface area contributed by atoms with Gasteiger partial charge in [0, 0.05) is 27.1 Å². The van der Waals surface area contributed by atoms with Gasteiger partial charge in [0.25, 0.3) is 0 Å². The number of hydrogen-bond donors (Lipinski definition) is 2. The Morgan fingerprint density at radius 1 is 0.686 bits per heavy atom. The minimum Gasteiger partial charge on any atom is -0.796 e. The third-order valence-corrected chi connectivity index (χ3v) is 8.02. The molecule has 188 valence electrons. The van der Waals surface area contributed by atoms with Crippen molar-refractivity contribution in [1.82, 2.24) is 0 Å². The summed E-state index contributed by atoms with van der Waals surface area (Å²) in [6, 6.07) is 15.9. The minimum absolute atomic E-state index is 0. The Kier molecular flexibility index (Phi) is 17.0. The fraction of sp³-hybridized carbons (Fsp3) is 0.364. The standard InChI is InChI=1S/2C11H15O5P.Mg/c2*12-7-8-16-11(13)6-9-17(14,15)10-4-2-1-3-5-10;/h2*1-5,12H,6-9H2,(H,14,15);/q;;+2/p-2. The Bertz CT molecular complexity index is 893. The van der Waals surface area contributed by atoms with Crippen LogP contribution in [0.15, 0.2) is 60.7 Å². The molecule has 2 atom stereocenters. The molecule has 0 heterocycles. The van der Waals surface area contributed by atoms with E-state index >= 15 is 0 Å². The van der Waals surface area contributed by atoms with Crippen LogP contribution < -0.4 is 20.4 Å². The molecule has 10 nitrogen and oxygen atoms in total. The molecular formula is C22H28MgO10P2. The van der Waals surface area contributed by atoms with Gasteiger partial charge >= 0.3 is 35.0 Å². The summed E-state index contributed by atoms with van der Waals surface area (Å²) in [5.41, 5.74) is 0. The Labute approximate surface area is 220 Å². The van der Waals surface area contributed by atoms with E-state index in [9.17, 15) is 28.5 Å². The Morgan fingerprint density at radius 2 is 1.00 bits per heavy atom. The number of hydrogen-bond acceptors (Lipinski definition) is 10. The molecule has 0 fully saturated rings. The molecule has 2 aromatic carbocycles. The Morgan fingerprint density at radius 3 is 1.29 bits per heavy atom. The second-order valence-electron chi connectivity index (χ2n) is 6.85. The van der Waals surface area contributed by atoms with E-state index < -0.39 is 26.7 Å². The number of ether oxygens (including phenoxy) is 2. The van der Waals surface area contributed by atoms with Crippen molar-refractivity contribution in [3.8, 4) is 0 Å². The first kappa shape index (κ1) is 33.4. The van der Waals surface area contributed by atoms with Crippen molar-refractivity contribution in [3.05, 3.63) is 60.7 Å². The number of aliphatic hydroxyl groups excluding tert-OH is 2. The van der Waals surface area contributed by atoms with Crippen LogP contribution in [0, 0.1) is 0 Å². The maximum Gasteiger partial charge on any atom is 2.00 e. The predicted molar refractivity (Wildman–Crippen MR) is 128 cm³/mol. The second kappa shape index (κ2) is 17.8. The third kappa shape index (κ3) is 13.9. The van der Waals surface area contributed by atoms with Gasteiger partial charge in [-0.05, 0) is 10.6 Å². The van der Waals surface area contributed by atoms with Crippen molar-refractivity contribution >= 4 is 60.3 Å². The van der Waals surface area contributed by atoms with Crippen LogP contribution in [0.5, 0.6) is 0 Å². The maximum atomic E-state index is 11.8. The molecule has 35 heavy (non-hydrogen) atoms. The van der Waals surface area contributed by atoms with E-state index in [-0.39, 0.29) is 85.3 Å². The van der Waals surface area contributed by atoms with E-state index in [0.29, 0.717) is 0 Å². The average Bonchev–Trinajstić information content (AvgIpc) is 2.85. The molecule has 2 unspecified atom stereocenters. The normalized spacial score (nSPS) is 13.6. The second-order valence-corrected chi connectivity index (χ2v) is 11.5. The van der Waals surface area contributed by atoms with Crippen molar-refractivity contribution in [2.45, 2.75) is 12.8 Å². The molecule has 2 rings (SSSR count). The molecule has 0 bridgehead atoms. The van der Waals surface area contributed by atoms with E-state index in [1.807, 2.05) is 0 Å². The largest absolute Gasteiger partial charge is 2.00 e. The van der Waals surface area contributed by atoms with Crippen molar-refractivity contribution in [2.24, 2.45) is 0 Å². The van der Waals surface area contributed by atoms with Gasteiger partial charge in [-0.2, -0.15) is 0 Å². The van der Waals surface area contributed by atoms with E-state index in [2.05, 4.69) is 9.47 Å². The molecule has 0 saturated carbocycles. The van der Waals surface area contributed by atoms with Gasteiger partial charge in [-0.25, -0.2) is 0 Å². The summed E-state index contributed by atoms with van der Waals surface area (Å²) < 4.78 is 32.7. The summed E-state index contributed by atoms with van der Waals surface area (Å²) in [6.45, 7) is -0.737. The summed E-state index contributed by atoms with van der Waals surface area (Å²) in [6.07, 6.45) is -0.923. The van der Waals surface area contributed by atoms with Gasteiger partial charge in [0.1, 0.15) is 13.2 Å². The molecule has 0 aliphatic heterocycles. The molecule has 13 heteroatoms. The molecule has 2 aromatic rings. The smallest absolute Gasteiger partial charge is 0.796 e. The summed E-state index contributed by atoms with van der Waals surface area (Å²) in [7, 11) is -7.49. The third-order valence-electron chi connectivity index (χ3n) is 4.23. The molecule has 0 spiro atoms. The number of aliphatic hydroxyl groups is 2. The van der Waals surface area contributed by atoms with Gasteiger partial charge in [0.2, 0.25) is 0 Å². The zero-order chi connectivity index (χ0) is 25.5. The molecule has 0 aromatic heterocycles. The van der Waals surface area contributed by atoms with Crippen LogP contribution in [-0.4, -0.2) is 84.0 Å². The number of esters is 2. The van der Waals surface area contributed by atoms with Gasteiger partial charge in [0.05, 0.1) is 26.1 Å². The fourth-order valence-electron chi connectivity index (χ4n) is 2.51. The van der Waals surface area contributed by atoms with E-state index in [1.165, 1.54) is 24.3 Å². The molecule has 0 aliphatic rings. The van der Waals surface area contributed by atoms with Crippen molar-refractivity contribution in [2.75, 3.05) is 38.8 Å². The first-order chi connectivity index (χ1) is 16.1. The zero-order valence-electron chi connectivity index (χ0n) is 19.2. The van der Waals surface area contributed by atoms with Crippen LogP contribution >= 0.6 is 14.7 Å². The van der Waals surface area contributed by atoms with E-state index in [4.69, 9.17) is 10.2 Å². The van der Waals surface area contributed by atoms with Gasteiger partial charge < -0.3 is 38.6 Å². The number of carbonyl (C=O) groups is 2. The number of carbonyl (C=O) groups excluding carboxylic acids is 2. The average molecular weight is 539 g/mol. The van der Waals surface area contributed by atoms with Crippen LogP contribution in [0.2, 0.25) is 0 Å². The summed E-state index contributed by atoms with van der Waals surface area (Å²) in [5.74, 6) is -1.24. The topological polar surface area (TPSA) is 173 Å². The van der Waals surface area contributed by atoms with Crippen LogP contribution in [0.4, 0.5) is 0 Å². The molecular weight excluding hydrogens is 510 g/mol. The van der Waals surface area contributed by atoms with Gasteiger partial charge in [0.15, 0.2) is 0 Å². The van der Waals surface area contributed by atoms with Gasteiger partial charge in [-0.3, -0.25) is 9.59 Å². The predicted octanol–water partition coefficient (Wildman–Crippen LogP) is -0.629. The maximum absolute atomic E-state index is 11.8. The zero-order valence-corrected chi connectivity index (χ0v) is 22.4. The fourth-order valence-corrected chi connectivity index (χ4v) is 5.23. The number of rotatable bonds is 12.